The molecule has 3 atom stereocenters. The van der Waals surface area contributed by atoms with Crippen LogP contribution in [0.5, 0.6) is 0 Å². The minimum absolute atomic E-state index is 0.237. The van der Waals surface area contributed by atoms with E-state index in [-0.39, 0.29) is 4.48 Å². The molecule has 0 bridgehead atoms. The molecule has 1 aliphatic rings. The zero-order valence-electron chi connectivity index (χ0n) is 19.1. The number of aliphatic hydroxyl groups is 1. The van der Waals surface area contributed by atoms with Crippen LogP contribution in [0, 0.1) is 0 Å². The highest BCUT2D eigenvalue weighted by atomic mass is 16.6. The van der Waals surface area contributed by atoms with Crippen LogP contribution >= 0.6 is 0 Å². The lowest BCUT2D eigenvalue weighted by molar-refractivity contribution is -0.937. The van der Waals surface area contributed by atoms with Crippen molar-refractivity contribution in [3.63, 3.8) is 0 Å². The second-order valence-corrected chi connectivity index (χ2v) is 8.93. The van der Waals surface area contributed by atoms with E-state index in [2.05, 4.69) is 9.97 Å². The molecule has 8 nitrogen and oxygen atoms in total. The van der Waals surface area contributed by atoms with E-state index in [4.69, 9.17) is 10.5 Å². The SMILES string of the molecule is C[N+]1(C(C(N)=O)c2cnccn2)CCC[C@@H](OC(=O)C(O)(c2ccccc2)c2ccccc2)C1. The first kappa shape index (κ1) is 23.5. The van der Waals surface area contributed by atoms with Crippen molar-refractivity contribution in [2.24, 2.45) is 5.73 Å². The Morgan fingerprint density at radius 1 is 1.09 bits per heavy atom. The summed E-state index contributed by atoms with van der Waals surface area (Å²) >= 11 is 0. The van der Waals surface area contributed by atoms with E-state index in [0.717, 1.165) is 0 Å². The molecular formula is C26H29N4O4+. The van der Waals surface area contributed by atoms with Gasteiger partial charge in [0, 0.05) is 18.8 Å². The first-order chi connectivity index (χ1) is 16.3. The van der Waals surface area contributed by atoms with Gasteiger partial charge in [0.2, 0.25) is 11.6 Å². The fourth-order valence-electron chi connectivity index (χ4n) is 4.88. The van der Waals surface area contributed by atoms with E-state index in [0.29, 0.717) is 42.8 Å². The summed E-state index contributed by atoms with van der Waals surface area (Å²) in [7, 11) is 1.91. The smallest absolute Gasteiger partial charge is 0.348 e. The van der Waals surface area contributed by atoms with Gasteiger partial charge in [-0.15, -0.1) is 0 Å². The maximum atomic E-state index is 13.5. The van der Waals surface area contributed by atoms with Crippen LogP contribution in [0.25, 0.3) is 0 Å². The Balaban J connectivity index is 1.61. The first-order valence-corrected chi connectivity index (χ1v) is 11.3. The fraction of sp³-hybridized carbons (Fsp3) is 0.308. The third-order valence-corrected chi connectivity index (χ3v) is 6.52. The molecule has 2 heterocycles. The van der Waals surface area contributed by atoms with E-state index in [1.807, 2.05) is 19.2 Å². The van der Waals surface area contributed by atoms with E-state index < -0.39 is 29.6 Å². The average molecular weight is 462 g/mol. The van der Waals surface area contributed by atoms with Crippen molar-refractivity contribution in [1.29, 1.82) is 0 Å². The molecule has 2 unspecified atom stereocenters. The summed E-state index contributed by atoms with van der Waals surface area (Å²) < 4.78 is 6.17. The Morgan fingerprint density at radius 2 is 1.71 bits per heavy atom. The summed E-state index contributed by atoms with van der Waals surface area (Å²) in [6, 6.07) is 16.8. The number of carbonyl (C=O) groups excluding carboxylic acids is 2. The number of nitrogens with zero attached hydrogens (tertiary/aromatic N) is 3. The first-order valence-electron chi connectivity index (χ1n) is 11.3. The number of rotatable bonds is 7. The van der Waals surface area contributed by atoms with Crippen LogP contribution in [0.15, 0.2) is 79.3 Å². The second kappa shape index (κ2) is 9.70. The zero-order chi connectivity index (χ0) is 24.2. The van der Waals surface area contributed by atoms with Gasteiger partial charge in [-0.2, -0.15) is 0 Å². The van der Waals surface area contributed by atoms with Crippen LogP contribution in [-0.2, 0) is 19.9 Å². The third kappa shape index (κ3) is 4.55. The number of likely N-dealkylation sites (N-methyl/N-ethyl adjacent to an activating group) is 1. The molecule has 1 amide bonds. The number of quaternary nitrogens is 1. The number of ether oxygens (including phenoxy) is 1. The molecular weight excluding hydrogens is 432 g/mol. The molecule has 0 spiro atoms. The molecule has 1 saturated heterocycles. The quantitative estimate of drug-likeness (QED) is 0.411. The van der Waals surface area contributed by atoms with Crippen LogP contribution in [0.2, 0.25) is 0 Å². The largest absolute Gasteiger partial charge is 0.454 e. The van der Waals surface area contributed by atoms with Gasteiger partial charge in [0.1, 0.15) is 12.2 Å². The average Bonchev–Trinajstić information content (AvgIpc) is 2.85. The van der Waals surface area contributed by atoms with Crippen molar-refractivity contribution >= 4 is 11.9 Å². The molecule has 8 heteroatoms. The molecule has 0 aliphatic carbocycles. The lowest BCUT2D eigenvalue weighted by Gasteiger charge is -2.44. The van der Waals surface area contributed by atoms with Gasteiger partial charge in [-0.05, 0) is 17.5 Å². The number of primary amides is 1. The molecule has 0 saturated carbocycles. The Kier molecular flexibility index (Phi) is 6.72. The number of carbonyl (C=O) groups is 2. The second-order valence-electron chi connectivity index (χ2n) is 8.93. The van der Waals surface area contributed by atoms with Gasteiger partial charge in [-0.3, -0.25) is 14.8 Å². The van der Waals surface area contributed by atoms with Crippen molar-refractivity contribution in [3.05, 3.63) is 96.1 Å². The molecule has 34 heavy (non-hydrogen) atoms. The monoisotopic (exact) mass is 461 g/mol. The lowest BCUT2D eigenvalue weighted by Crippen LogP contribution is -2.59. The normalized spacial score (nSPS) is 21.4. The van der Waals surface area contributed by atoms with Gasteiger partial charge < -0.3 is 20.1 Å². The molecule has 0 radical (unpaired) electrons. The van der Waals surface area contributed by atoms with Crippen LogP contribution in [-0.4, -0.2) is 57.7 Å². The van der Waals surface area contributed by atoms with Gasteiger partial charge in [-0.1, -0.05) is 60.7 Å². The van der Waals surface area contributed by atoms with Crippen LogP contribution in [0.3, 0.4) is 0 Å². The van der Waals surface area contributed by atoms with Crippen molar-refractivity contribution in [1.82, 2.24) is 9.97 Å². The van der Waals surface area contributed by atoms with Gasteiger partial charge in [-0.25, -0.2) is 4.79 Å². The number of piperidine rings is 1. The highest BCUT2D eigenvalue weighted by Crippen LogP contribution is 2.35. The predicted octanol–water partition coefficient (Wildman–Crippen LogP) is 2.09. The summed E-state index contributed by atoms with van der Waals surface area (Å²) in [6.45, 7) is 1.02. The van der Waals surface area contributed by atoms with Gasteiger partial charge in [0.15, 0.2) is 6.10 Å². The molecule has 4 rings (SSSR count). The van der Waals surface area contributed by atoms with Crippen LogP contribution in [0.1, 0.15) is 35.7 Å². The lowest BCUT2D eigenvalue weighted by atomic mass is 9.86. The summed E-state index contributed by atoms with van der Waals surface area (Å²) in [4.78, 5) is 34.4. The highest BCUT2D eigenvalue weighted by Gasteiger charge is 2.47. The zero-order valence-corrected chi connectivity index (χ0v) is 19.1. The highest BCUT2D eigenvalue weighted by molar-refractivity contribution is 5.85. The Bertz CT molecular complexity index is 1090. The summed E-state index contributed by atoms with van der Waals surface area (Å²) in [5, 5.41) is 11.7. The minimum atomic E-state index is -1.96. The summed E-state index contributed by atoms with van der Waals surface area (Å²) in [5.74, 6) is -1.27. The topological polar surface area (TPSA) is 115 Å². The number of esters is 1. The van der Waals surface area contributed by atoms with E-state index in [1.165, 1.54) is 18.6 Å². The molecule has 1 fully saturated rings. The number of aromatic nitrogens is 2. The molecule has 3 N–H and O–H groups in total. The number of amides is 1. The number of hydrogen-bond acceptors (Lipinski definition) is 6. The molecule has 3 aromatic rings. The standard InChI is InChI=1S/C26H28N4O4/c1-30(23(24(27)31)22-17-28-14-15-29-22)16-8-13-21(18-30)34-25(32)26(33,19-9-4-2-5-10-19)20-11-6-3-7-12-20/h2-7,9-12,14-15,17,21,23,33H,8,13,16,18H2,1H3,(H-,27,31)/p+1/t21-,23?,30?/m1/s1. The summed E-state index contributed by atoms with van der Waals surface area (Å²) in [6.07, 6.45) is 5.43. The number of hydrogen-bond donors (Lipinski definition) is 2. The summed E-state index contributed by atoms with van der Waals surface area (Å²) in [5.41, 5.74) is 5.15. The molecule has 1 aromatic heterocycles. The Hall–Kier alpha value is -3.62. The Labute approximate surface area is 198 Å². The van der Waals surface area contributed by atoms with Crippen molar-refractivity contribution in [2.45, 2.75) is 30.6 Å². The van der Waals surface area contributed by atoms with Crippen molar-refractivity contribution < 1.29 is 23.9 Å². The van der Waals surface area contributed by atoms with Gasteiger partial charge >= 0.3 is 5.97 Å². The predicted molar refractivity (Wildman–Crippen MR) is 125 cm³/mol. The third-order valence-electron chi connectivity index (χ3n) is 6.52. The van der Waals surface area contributed by atoms with E-state index in [1.54, 1.807) is 48.5 Å². The minimum Gasteiger partial charge on any atom is -0.454 e. The molecule has 176 valence electrons. The van der Waals surface area contributed by atoms with E-state index in [9.17, 15) is 14.7 Å². The van der Waals surface area contributed by atoms with Crippen LogP contribution < -0.4 is 5.73 Å². The van der Waals surface area contributed by atoms with Gasteiger partial charge in [0.25, 0.3) is 5.91 Å². The molecule has 2 aromatic carbocycles. The van der Waals surface area contributed by atoms with Crippen LogP contribution in [0.4, 0.5) is 0 Å². The van der Waals surface area contributed by atoms with E-state index >= 15 is 0 Å². The van der Waals surface area contributed by atoms with Crippen molar-refractivity contribution in [3.8, 4) is 0 Å². The maximum Gasteiger partial charge on any atom is 0.348 e. The molecule has 1 aliphatic heterocycles. The number of likely N-dealkylation sites (tertiary alicyclic amines) is 1. The maximum absolute atomic E-state index is 13.5. The number of nitrogens with two attached hydrogens (primary N) is 1. The fourth-order valence-corrected chi connectivity index (χ4v) is 4.88. The Morgan fingerprint density at radius 3 is 2.24 bits per heavy atom. The number of benzene rings is 2. The van der Waals surface area contributed by atoms with Gasteiger partial charge in [0.05, 0.1) is 19.8 Å². The van der Waals surface area contributed by atoms with Crippen molar-refractivity contribution in [2.75, 3.05) is 20.1 Å².